The molecule has 1 unspecified atom stereocenters. The van der Waals surface area contributed by atoms with Gasteiger partial charge in [-0.1, -0.05) is 96.8 Å². The summed E-state index contributed by atoms with van der Waals surface area (Å²) in [7, 11) is -3.25. The highest BCUT2D eigenvalue weighted by Crippen LogP contribution is 2.44. The summed E-state index contributed by atoms with van der Waals surface area (Å²) < 4.78 is 15.8. The minimum Gasteiger partial charge on any atom is -0.468 e. The number of hydrogen-bond acceptors (Lipinski definition) is 3. The predicted octanol–water partition coefficient (Wildman–Crippen LogP) is 5.58. The van der Waals surface area contributed by atoms with E-state index < -0.39 is 19.2 Å². The third-order valence-corrected chi connectivity index (χ3v) is 5.99. The molecule has 150 valence electrons. The Morgan fingerprint density at radius 2 is 1.16 bits per heavy atom. The highest BCUT2D eigenvalue weighted by molar-refractivity contribution is 7.53. The number of ether oxygens (including phenoxy) is 1. The van der Waals surface area contributed by atoms with Gasteiger partial charge in [-0.05, 0) is 6.42 Å². The Morgan fingerprint density at radius 3 is 1.48 bits per heavy atom. The van der Waals surface area contributed by atoms with Gasteiger partial charge in [0.15, 0.2) is 5.66 Å². The fourth-order valence-corrected chi connectivity index (χ4v) is 3.99. The zero-order chi connectivity index (χ0) is 19.0. The SMILES string of the molecule is CCCCCCCCCCCCCCCCC(C(=O)OC)P(=O)(O)O. The van der Waals surface area contributed by atoms with Gasteiger partial charge >= 0.3 is 13.6 Å². The van der Waals surface area contributed by atoms with E-state index in [1.165, 1.54) is 64.2 Å². The largest absolute Gasteiger partial charge is 0.468 e. The van der Waals surface area contributed by atoms with Crippen LogP contribution in [0.25, 0.3) is 0 Å². The lowest BCUT2D eigenvalue weighted by atomic mass is 10.0. The number of carbonyl (C=O) groups is 1. The second kappa shape index (κ2) is 15.8. The van der Waals surface area contributed by atoms with Crippen LogP contribution in [0.15, 0.2) is 0 Å². The van der Waals surface area contributed by atoms with E-state index in [0.717, 1.165) is 26.4 Å². The van der Waals surface area contributed by atoms with Gasteiger partial charge in [-0.2, -0.15) is 0 Å². The first-order valence-electron chi connectivity index (χ1n) is 10.1. The second-order valence-corrected chi connectivity index (χ2v) is 8.81. The highest BCUT2D eigenvalue weighted by Gasteiger charge is 2.35. The molecule has 5 nitrogen and oxygen atoms in total. The normalized spacial score (nSPS) is 13.0. The summed E-state index contributed by atoms with van der Waals surface area (Å²) in [4.78, 5) is 29.8. The van der Waals surface area contributed by atoms with E-state index >= 15 is 0 Å². The van der Waals surface area contributed by atoms with Gasteiger partial charge in [-0.15, -0.1) is 0 Å². The summed E-state index contributed by atoms with van der Waals surface area (Å²) in [5.74, 6) is -0.803. The Hall–Kier alpha value is -0.380. The van der Waals surface area contributed by atoms with Crippen LogP contribution in [0.1, 0.15) is 103 Å². The monoisotopic (exact) mass is 378 g/mol. The summed E-state index contributed by atoms with van der Waals surface area (Å²) in [6.07, 6.45) is 17.3. The predicted molar refractivity (Wildman–Crippen MR) is 103 cm³/mol. The van der Waals surface area contributed by atoms with Crippen LogP contribution in [-0.4, -0.2) is 28.5 Å². The van der Waals surface area contributed by atoms with Gasteiger partial charge in [0.1, 0.15) is 0 Å². The molecule has 0 fully saturated rings. The van der Waals surface area contributed by atoms with Crippen molar-refractivity contribution in [3.63, 3.8) is 0 Å². The first kappa shape index (κ1) is 24.6. The van der Waals surface area contributed by atoms with Crippen LogP contribution in [0, 0.1) is 0 Å². The highest BCUT2D eigenvalue weighted by atomic mass is 31.2. The van der Waals surface area contributed by atoms with E-state index in [1.807, 2.05) is 0 Å². The molecule has 0 radical (unpaired) electrons. The molecule has 25 heavy (non-hydrogen) atoms. The Labute approximate surface area is 154 Å². The molecule has 0 amide bonds. The van der Waals surface area contributed by atoms with Crippen LogP contribution in [-0.2, 0) is 14.1 Å². The fraction of sp³-hybridized carbons (Fsp3) is 0.947. The van der Waals surface area contributed by atoms with Crippen molar-refractivity contribution in [3.05, 3.63) is 0 Å². The van der Waals surface area contributed by atoms with Crippen molar-refractivity contribution >= 4 is 13.6 Å². The minimum absolute atomic E-state index is 0.203. The first-order chi connectivity index (χ1) is 11.9. The van der Waals surface area contributed by atoms with Crippen molar-refractivity contribution in [1.29, 1.82) is 0 Å². The van der Waals surface area contributed by atoms with Crippen LogP contribution < -0.4 is 0 Å². The van der Waals surface area contributed by atoms with Gasteiger partial charge in [0.25, 0.3) is 0 Å². The van der Waals surface area contributed by atoms with Crippen molar-refractivity contribution in [1.82, 2.24) is 0 Å². The molecule has 0 aromatic carbocycles. The van der Waals surface area contributed by atoms with Crippen LogP contribution in [0.3, 0.4) is 0 Å². The molecule has 1 atom stereocenters. The minimum atomic E-state index is -4.41. The lowest BCUT2D eigenvalue weighted by Crippen LogP contribution is -2.22. The van der Waals surface area contributed by atoms with E-state index in [2.05, 4.69) is 11.7 Å². The number of carbonyl (C=O) groups excluding carboxylic acids is 1. The molecule has 0 rings (SSSR count). The lowest BCUT2D eigenvalue weighted by Gasteiger charge is -2.15. The van der Waals surface area contributed by atoms with Crippen molar-refractivity contribution < 1.29 is 23.9 Å². The Balaban J connectivity index is 3.46. The quantitative estimate of drug-likeness (QED) is 0.196. The molecule has 0 bridgehead atoms. The Bertz CT molecular complexity index is 367. The van der Waals surface area contributed by atoms with Gasteiger partial charge < -0.3 is 14.5 Å². The fourth-order valence-electron chi connectivity index (χ4n) is 3.09. The maximum atomic E-state index is 11.4. The third kappa shape index (κ3) is 14.5. The number of methoxy groups -OCH3 is 1. The number of hydrogen-bond donors (Lipinski definition) is 2. The van der Waals surface area contributed by atoms with Crippen molar-refractivity contribution in [2.24, 2.45) is 0 Å². The zero-order valence-electron chi connectivity index (χ0n) is 16.3. The Morgan fingerprint density at radius 1 is 0.800 bits per heavy atom. The molecule has 0 aromatic heterocycles. The first-order valence-corrected chi connectivity index (χ1v) is 11.7. The molecule has 0 aliphatic heterocycles. The standard InChI is InChI=1S/C19H39O5P/c1-3-4-5-6-7-8-9-10-11-12-13-14-15-16-17-18(19(20)24-2)25(21,22)23/h18H,3-17H2,1-2H3,(H2,21,22,23). The zero-order valence-corrected chi connectivity index (χ0v) is 17.1. The summed E-state index contributed by atoms with van der Waals surface area (Å²) in [5.41, 5.74) is -1.30. The van der Waals surface area contributed by atoms with E-state index in [1.54, 1.807) is 0 Å². The summed E-state index contributed by atoms with van der Waals surface area (Å²) in [5, 5.41) is 0. The van der Waals surface area contributed by atoms with Crippen LogP contribution in [0.5, 0.6) is 0 Å². The Kier molecular flexibility index (Phi) is 15.6. The second-order valence-electron chi connectivity index (χ2n) is 7.01. The maximum Gasteiger partial charge on any atom is 0.339 e. The van der Waals surface area contributed by atoms with Crippen LogP contribution in [0.2, 0.25) is 0 Å². The van der Waals surface area contributed by atoms with Crippen molar-refractivity contribution in [2.75, 3.05) is 7.11 Å². The van der Waals surface area contributed by atoms with Gasteiger partial charge in [-0.25, -0.2) is 0 Å². The van der Waals surface area contributed by atoms with Crippen LogP contribution >= 0.6 is 7.60 Å². The molecule has 0 saturated heterocycles. The number of unbranched alkanes of at least 4 members (excludes halogenated alkanes) is 13. The molecule has 0 aromatic rings. The van der Waals surface area contributed by atoms with E-state index in [0.29, 0.717) is 6.42 Å². The molecular formula is C19H39O5P. The molecule has 0 saturated carbocycles. The molecule has 0 spiro atoms. The van der Waals surface area contributed by atoms with Crippen molar-refractivity contribution in [3.8, 4) is 0 Å². The lowest BCUT2D eigenvalue weighted by molar-refractivity contribution is -0.140. The average Bonchev–Trinajstić information content (AvgIpc) is 2.56. The number of rotatable bonds is 17. The van der Waals surface area contributed by atoms with Crippen LogP contribution in [0.4, 0.5) is 0 Å². The van der Waals surface area contributed by atoms with E-state index in [9.17, 15) is 19.1 Å². The summed E-state index contributed by atoms with van der Waals surface area (Å²) in [6, 6.07) is 0. The summed E-state index contributed by atoms with van der Waals surface area (Å²) >= 11 is 0. The van der Waals surface area contributed by atoms with E-state index in [4.69, 9.17) is 0 Å². The topological polar surface area (TPSA) is 83.8 Å². The molecule has 6 heteroatoms. The van der Waals surface area contributed by atoms with Gasteiger partial charge in [0.2, 0.25) is 0 Å². The smallest absolute Gasteiger partial charge is 0.339 e. The molecule has 0 aliphatic rings. The van der Waals surface area contributed by atoms with E-state index in [-0.39, 0.29) is 6.42 Å². The third-order valence-electron chi connectivity index (χ3n) is 4.71. The molecule has 0 heterocycles. The molecule has 2 N–H and O–H groups in total. The van der Waals surface area contributed by atoms with Crippen molar-refractivity contribution in [2.45, 2.75) is 109 Å². The van der Waals surface area contributed by atoms with Gasteiger partial charge in [0, 0.05) is 0 Å². The van der Waals surface area contributed by atoms with Gasteiger partial charge in [-0.3, -0.25) is 9.36 Å². The van der Waals surface area contributed by atoms with Gasteiger partial charge in [0.05, 0.1) is 7.11 Å². The summed E-state index contributed by atoms with van der Waals surface area (Å²) in [6.45, 7) is 2.25. The average molecular weight is 378 g/mol. The number of esters is 1. The maximum absolute atomic E-state index is 11.4. The molecule has 0 aliphatic carbocycles. The molecular weight excluding hydrogens is 339 g/mol.